The molecule has 0 fully saturated rings. The first-order valence-corrected chi connectivity index (χ1v) is 7.49. The van der Waals surface area contributed by atoms with Gasteiger partial charge in [-0.2, -0.15) is 0 Å². The lowest BCUT2D eigenvalue weighted by atomic mass is 10.1. The molecule has 2 N–H and O–H groups in total. The topological polar surface area (TPSA) is 92.4 Å². The van der Waals surface area contributed by atoms with Crippen molar-refractivity contribution >= 4 is 28.5 Å². The molecule has 0 unspecified atom stereocenters. The molecular weight excluding hydrogens is 308 g/mol. The fourth-order valence-electron chi connectivity index (χ4n) is 2.31. The van der Waals surface area contributed by atoms with E-state index in [-0.39, 0.29) is 17.4 Å². The van der Waals surface area contributed by atoms with Crippen LogP contribution in [0, 0.1) is 5.92 Å². The summed E-state index contributed by atoms with van der Waals surface area (Å²) in [5.74, 6) is -0.753. The predicted molar refractivity (Wildman–Crippen MR) is 89.9 cm³/mol. The van der Waals surface area contributed by atoms with Gasteiger partial charge in [-0.05, 0) is 30.3 Å². The Morgan fingerprint density at radius 2 is 1.96 bits per heavy atom. The molecule has 0 atom stereocenters. The average Bonchev–Trinajstić information content (AvgIpc) is 2.98. The number of anilines is 1. The van der Waals surface area contributed by atoms with Gasteiger partial charge in [-0.3, -0.25) is 4.79 Å². The van der Waals surface area contributed by atoms with E-state index >= 15 is 0 Å². The van der Waals surface area contributed by atoms with Crippen molar-refractivity contribution in [2.45, 2.75) is 13.8 Å². The maximum Gasteiger partial charge on any atom is 0.335 e. The monoisotopic (exact) mass is 324 g/mol. The van der Waals surface area contributed by atoms with Crippen molar-refractivity contribution in [3.05, 3.63) is 48.0 Å². The van der Waals surface area contributed by atoms with Crippen molar-refractivity contribution in [3.8, 4) is 11.3 Å². The molecule has 0 bridgehead atoms. The van der Waals surface area contributed by atoms with E-state index in [1.165, 1.54) is 12.1 Å². The van der Waals surface area contributed by atoms with Gasteiger partial charge in [0.25, 0.3) is 0 Å². The van der Waals surface area contributed by atoms with E-state index in [1.54, 1.807) is 24.3 Å². The molecule has 0 saturated carbocycles. The number of hydrogen-bond donors (Lipinski definition) is 2. The molecule has 0 spiro atoms. The molecule has 24 heavy (non-hydrogen) atoms. The summed E-state index contributed by atoms with van der Waals surface area (Å²) in [5, 5.41) is 16.5. The quantitative estimate of drug-likeness (QED) is 0.761. The average molecular weight is 324 g/mol. The molecule has 0 aliphatic carbocycles. The number of fused-ring (bicyclic) bond motifs is 1. The van der Waals surface area contributed by atoms with Gasteiger partial charge in [0.1, 0.15) is 5.52 Å². The SMILES string of the molecule is CC(C)C(=O)Nc1cccc(-c2onc3ccc(C(=O)O)cc23)c1. The van der Waals surface area contributed by atoms with E-state index in [1.807, 2.05) is 19.9 Å². The third kappa shape index (κ3) is 2.99. The summed E-state index contributed by atoms with van der Waals surface area (Å²) < 4.78 is 5.39. The van der Waals surface area contributed by atoms with Crippen molar-refractivity contribution in [1.29, 1.82) is 0 Å². The lowest BCUT2D eigenvalue weighted by Crippen LogP contribution is -2.17. The van der Waals surface area contributed by atoms with Gasteiger partial charge in [-0.15, -0.1) is 0 Å². The number of carboxylic acids is 1. The summed E-state index contributed by atoms with van der Waals surface area (Å²) in [4.78, 5) is 23.0. The standard InChI is InChI=1S/C18H16N2O4/c1-10(2)17(21)19-13-5-3-4-11(8-13)16-14-9-12(18(22)23)6-7-15(14)20-24-16/h3-10H,1-2H3,(H,19,21)(H,22,23). The van der Waals surface area contributed by atoms with Crippen LogP contribution in [0.2, 0.25) is 0 Å². The van der Waals surface area contributed by atoms with Crippen LogP contribution in [0.4, 0.5) is 5.69 Å². The fraction of sp³-hybridized carbons (Fsp3) is 0.167. The molecule has 6 nitrogen and oxygen atoms in total. The first-order chi connectivity index (χ1) is 11.5. The Morgan fingerprint density at radius 1 is 1.17 bits per heavy atom. The van der Waals surface area contributed by atoms with Gasteiger partial charge < -0.3 is 14.9 Å². The Morgan fingerprint density at radius 3 is 2.67 bits per heavy atom. The largest absolute Gasteiger partial charge is 0.478 e. The van der Waals surface area contributed by atoms with E-state index in [4.69, 9.17) is 9.63 Å². The van der Waals surface area contributed by atoms with E-state index in [0.717, 1.165) is 0 Å². The number of carboxylic acid groups (broad SMARTS) is 1. The maximum atomic E-state index is 11.8. The Kier molecular flexibility index (Phi) is 4.04. The second-order valence-corrected chi connectivity index (χ2v) is 5.77. The Labute approximate surface area is 138 Å². The molecule has 0 saturated heterocycles. The fourth-order valence-corrected chi connectivity index (χ4v) is 2.31. The molecule has 1 aromatic heterocycles. The third-order valence-corrected chi connectivity index (χ3v) is 3.64. The number of carbonyl (C=O) groups is 2. The molecule has 2 aromatic carbocycles. The van der Waals surface area contributed by atoms with E-state index < -0.39 is 5.97 Å². The molecule has 1 amide bonds. The molecule has 122 valence electrons. The van der Waals surface area contributed by atoms with Crippen molar-refractivity contribution in [1.82, 2.24) is 5.16 Å². The minimum Gasteiger partial charge on any atom is -0.478 e. The highest BCUT2D eigenvalue weighted by Gasteiger charge is 2.14. The number of aromatic carboxylic acids is 1. The van der Waals surface area contributed by atoms with Crippen LogP contribution in [0.5, 0.6) is 0 Å². The highest BCUT2D eigenvalue weighted by molar-refractivity contribution is 5.99. The van der Waals surface area contributed by atoms with Crippen LogP contribution >= 0.6 is 0 Å². The van der Waals surface area contributed by atoms with Gasteiger partial charge in [0.2, 0.25) is 5.91 Å². The van der Waals surface area contributed by atoms with E-state index in [2.05, 4.69) is 10.5 Å². The molecule has 0 aliphatic rings. The zero-order chi connectivity index (χ0) is 17.3. The summed E-state index contributed by atoms with van der Waals surface area (Å²) in [5.41, 5.74) is 2.09. The van der Waals surface area contributed by atoms with Crippen molar-refractivity contribution in [2.24, 2.45) is 5.92 Å². The smallest absolute Gasteiger partial charge is 0.335 e. The minimum atomic E-state index is -1.01. The summed E-state index contributed by atoms with van der Waals surface area (Å²) >= 11 is 0. The molecule has 0 aliphatic heterocycles. The molecule has 1 heterocycles. The number of amides is 1. The lowest BCUT2D eigenvalue weighted by molar-refractivity contribution is -0.118. The summed E-state index contributed by atoms with van der Waals surface area (Å²) in [7, 11) is 0. The normalized spacial score (nSPS) is 11.0. The number of rotatable bonds is 4. The van der Waals surface area contributed by atoms with Gasteiger partial charge in [0.05, 0.1) is 10.9 Å². The van der Waals surface area contributed by atoms with Crippen LogP contribution in [0.25, 0.3) is 22.2 Å². The third-order valence-electron chi connectivity index (χ3n) is 3.64. The number of benzene rings is 2. The zero-order valence-corrected chi connectivity index (χ0v) is 13.2. The number of aromatic nitrogens is 1. The van der Waals surface area contributed by atoms with Gasteiger partial charge in [0, 0.05) is 17.2 Å². The molecule has 3 aromatic rings. The van der Waals surface area contributed by atoms with Crippen LogP contribution in [0.1, 0.15) is 24.2 Å². The molecule has 0 radical (unpaired) electrons. The van der Waals surface area contributed by atoms with Gasteiger partial charge in [-0.25, -0.2) is 4.79 Å². The van der Waals surface area contributed by atoms with Crippen LogP contribution in [0.15, 0.2) is 47.0 Å². The first kappa shape index (κ1) is 15.7. The van der Waals surface area contributed by atoms with Crippen LogP contribution in [-0.4, -0.2) is 22.1 Å². The number of nitrogens with one attached hydrogen (secondary N) is 1. The highest BCUT2D eigenvalue weighted by atomic mass is 16.5. The predicted octanol–water partition coefficient (Wildman–Crippen LogP) is 3.79. The Balaban J connectivity index is 2.03. The molecular formula is C18H16N2O4. The summed E-state index contributed by atoms with van der Waals surface area (Å²) in [6.45, 7) is 3.63. The minimum absolute atomic E-state index is 0.0808. The van der Waals surface area contributed by atoms with Gasteiger partial charge in [0.15, 0.2) is 5.76 Å². The lowest BCUT2D eigenvalue weighted by Gasteiger charge is -2.08. The van der Waals surface area contributed by atoms with Crippen molar-refractivity contribution in [2.75, 3.05) is 5.32 Å². The van der Waals surface area contributed by atoms with Gasteiger partial charge >= 0.3 is 5.97 Å². The first-order valence-electron chi connectivity index (χ1n) is 7.49. The van der Waals surface area contributed by atoms with Crippen molar-refractivity contribution in [3.63, 3.8) is 0 Å². The van der Waals surface area contributed by atoms with E-state index in [0.29, 0.717) is 27.9 Å². The van der Waals surface area contributed by atoms with Crippen LogP contribution in [0.3, 0.4) is 0 Å². The van der Waals surface area contributed by atoms with Crippen molar-refractivity contribution < 1.29 is 19.2 Å². The summed E-state index contributed by atoms with van der Waals surface area (Å²) in [6, 6.07) is 11.8. The zero-order valence-electron chi connectivity index (χ0n) is 13.2. The molecule has 3 rings (SSSR count). The van der Waals surface area contributed by atoms with Crippen LogP contribution < -0.4 is 5.32 Å². The number of hydrogen-bond acceptors (Lipinski definition) is 4. The van der Waals surface area contributed by atoms with Crippen LogP contribution in [-0.2, 0) is 4.79 Å². The summed E-state index contributed by atoms with van der Waals surface area (Å²) in [6.07, 6.45) is 0. The van der Waals surface area contributed by atoms with E-state index in [9.17, 15) is 9.59 Å². The number of carbonyl (C=O) groups excluding carboxylic acids is 1. The Bertz CT molecular complexity index is 928. The Hall–Kier alpha value is -3.15. The second-order valence-electron chi connectivity index (χ2n) is 5.77. The molecule has 6 heteroatoms. The maximum absolute atomic E-state index is 11.8. The number of nitrogens with zero attached hydrogens (tertiary/aromatic N) is 1. The second kappa shape index (κ2) is 6.16. The van der Waals surface area contributed by atoms with Gasteiger partial charge in [-0.1, -0.05) is 31.1 Å². The highest BCUT2D eigenvalue weighted by Crippen LogP contribution is 2.31.